The van der Waals surface area contributed by atoms with Crippen molar-refractivity contribution in [3.63, 3.8) is 0 Å². The zero-order valence-corrected chi connectivity index (χ0v) is 13.3. The molecule has 1 heterocycles. The molecule has 0 unspecified atom stereocenters. The van der Waals surface area contributed by atoms with Gasteiger partial charge in [-0.25, -0.2) is 4.79 Å². The second-order valence-electron chi connectivity index (χ2n) is 6.07. The summed E-state index contributed by atoms with van der Waals surface area (Å²) in [6.45, 7) is 5.81. The summed E-state index contributed by atoms with van der Waals surface area (Å²) in [4.78, 5) is 25.7. The molecule has 1 saturated heterocycles. The van der Waals surface area contributed by atoms with Gasteiger partial charge in [-0.2, -0.15) is 0 Å². The number of carbonyl (C=O) groups excluding carboxylic acids is 2. The molecular formula is C17H25N3O2. The van der Waals surface area contributed by atoms with Gasteiger partial charge in [-0.15, -0.1) is 0 Å². The van der Waals surface area contributed by atoms with E-state index in [0.29, 0.717) is 6.54 Å². The van der Waals surface area contributed by atoms with E-state index in [1.54, 1.807) is 0 Å². The standard InChI is InChI=1S/C17H25N3O2/c1-13(2)16(21)20-10-8-15(9-11-20)19-17(22)18-12-14-6-4-3-5-7-14/h3-7,13,15H,8-12H2,1-2H3,(H2,18,19,22). The number of hydrogen-bond donors (Lipinski definition) is 2. The number of benzene rings is 1. The van der Waals surface area contributed by atoms with Crippen LogP contribution in [-0.4, -0.2) is 36.0 Å². The van der Waals surface area contributed by atoms with Crippen LogP contribution in [0, 0.1) is 5.92 Å². The van der Waals surface area contributed by atoms with Gasteiger partial charge in [-0.3, -0.25) is 4.79 Å². The third-order valence-electron chi connectivity index (χ3n) is 3.93. The second kappa shape index (κ2) is 7.82. The highest BCUT2D eigenvalue weighted by Gasteiger charge is 2.24. The van der Waals surface area contributed by atoms with Gasteiger partial charge in [0, 0.05) is 31.6 Å². The smallest absolute Gasteiger partial charge is 0.315 e. The maximum atomic E-state index is 11.9. The molecule has 5 heteroatoms. The highest BCUT2D eigenvalue weighted by Crippen LogP contribution is 2.13. The number of likely N-dealkylation sites (tertiary alicyclic amines) is 1. The Balaban J connectivity index is 1.69. The summed E-state index contributed by atoms with van der Waals surface area (Å²) in [5.74, 6) is 0.241. The van der Waals surface area contributed by atoms with Gasteiger partial charge in [0.25, 0.3) is 0 Å². The first-order chi connectivity index (χ1) is 10.6. The molecule has 1 aliphatic rings. The normalized spacial score (nSPS) is 15.7. The van der Waals surface area contributed by atoms with Gasteiger partial charge in [0.1, 0.15) is 0 Å². The predicted molar refractivity (Wildman–Crippen MR) is 86.3 cm³/mol. The fraction of sp³-hybridized carbons (Fsp3) is 0.529. The number of nitrogens with one attached hydrogen (secondary N) is 2. The Morgan fingerprint density at radius 2 is 1.82 bits per heavy atom. The molecule has 0 spiro atoms. The Morgan fingerprint density at radius 3 is 2.41 bits per heavy atom. The van der Waals surface area contributed by atoms with Gasteiger partial charge >= 0.3 is 6.03 Å². The van der Waals surface area contributed by atoms with Crippen molar-refractivity contribution < 1.29 is 9.59 Å². The van der Waals surface area contributed by atoms with E-state index in [2.05, 4.69) is 10.6 Å². The van der Waals surface area contributed by atoms with Crippen LogP contribution in [0.3, 0.4) is 0 Å². The predicted octanol–water partition coefficient (Wildman–Crippen LogP) is 2.13. The first-order valence-corrected chi connectivity index (χ1v) is 7.93. The summed E-state index contributed by atoms with van der Waals surface area (Å²) >= 11 is 0. The number of rotatable bonds is 4. The minimum Gasteiger partial charge on any atom is -0.342 e. The second-order valence-corrected chi connectivity index (χ2v) is 6.07. The molecule has 0 aromatic heterocycles. The van der Waals surface area contributed by atoms with Crippen LogP contribution in [0.15, 0.2) is 30.3 Å². The number of nitrogens with zero attached hydrogens (tertiary/aromatic N) is 1. The first-order valence-electron chi connectivity index (χ1n) is 7.93. The Bertz CT molecular complexity index is 494. The molecule has 0 saturated carbocycles. The topological polar surface area (TPSA) is 61.4 Å². The summed E-state index contributed by atoms with van der Waals surface area (Å²) in [5.41, 5.74) is 1.08. The van der Waals surface area contributed by atoms with Crippen LogP contribution >= 0.6 is 0 Å². The molecule has 1 aromatic rings. The Hall–Kier alpha value is -2.04. The van der Waals surface area contributed by atoms with E-state index in [0.717, 1.165) is 31.5 Å². The molecule has 1 aromatic carbocycles. The zero-order valence-electron chi connectivity index (χ0n) is 13.3. The molecule has 3 amide bonds. The maximum absolute atomic E-state index is 11.9. The summed E-state index contributed by atoms with van der Waals surface area (Å²) in [6, 6.07) is 9.83. The van der Waals surface area contributed by atoms with E-state index < -0.39 is 0 Å². The molecule has 0 atom stereocenters. The molecule has 0 aliphatic carbocycles. The van der Waals surface area contributed by atoms with Crippen molar-refractivity contribution in [1.29, 1.82) is 0 Å². The van der Waals surface area contributed by atoms with Crippen LogP contribution in [0.1, 0.15) is 32.3 Å². The molecule has 5 nitrogen and oxygen atoms in total. The molecular weight excluding hydrogens is 278 g/mol. The third kappa shape index (κ3) is 4.76. The molecule has 120 valence electrons. The molecule has 1 fully saturated rings. The lowest BCUT2D eigenvalue weighted by atomic mass is 10.0. The van der Waals surface area contributed by atoms with Crippen molar-refractivity contribution >= 4 is 11.9 Å². The SMILES string of the molecule is CC(C)C(=O)N1CCC(NC(=O)NCc2ccccc2)CC1. The summed E-state index contributed by atoms with van der Waals surface area (Å²) in [7, 11) is 0. The van der Waals surface area contributed by atoms with Crippen molar-refractivity contribution in [3.8, 4) is 0 Å². The van der Waals surface area contributed by atoms with E-state index in [-0.39, 0.29) is 23.9 Å². The number of amides is 3. The lowest BCUT2D eigenvalue weighted by Gasteiger charge is -2.33. The van der Waals surface area contributed by atoms with Crippen LogP contribution in [0.4, 0.5) is 4.79 Å². The van der Waals surface area contributed by atoms with Gasteiger partial charge in [-0.1, -0.05) is 44.2 Å². The minimum atomic E-state index is -0.141. The average Bonchev–Trinajstić information content (AvgIpc) is 2.54. The van der Waals surface area contributed by atoms with Crippen molar-refractivity contribution in [3.05, 3.63) is 35.9 Å². The van der Waals surface area contributed by atoms with E-state index in [1.807, 2.05) is 49.1 Å². The van der Waals surface area contributed by atoms with Crippen LogP contribution in [0.5, 0.6) is 0 Å². The highest BCUT2D eigenvalue weighted by atomic mass is 16.2. The first kappa shape index (κ1) is 16.3. The Labute approximate surface area is 132 Å². The monoisotopic (exact) mass is 303 g/mol. The number of piperidine rings is 1. The number of urea groups is 1. The van der Waals surface area contributed by atoms with Gasteiger partial charge in [0.2, 0.25) is 5.91 Å². The Kier molecular flexibility index (Phi) is 5.81. The van der Waals surface area contributed by atoms with Crippen LogP contribution in [0.2, 0.25) is 0 Å². The van der Waals surface area contributed by atoms with Gasteiger partial charge in [-0.05, 0) is 18.4 Å². The lowest BCUT2D eigenvalue weighted by Crippen LogP contribution is -2.49. The van der Waals surface area contributed by atoms with Crippen LogP contribution in [0.25, 0.3) is 0 Å². The third-order valence-corrected chi connectivity index (χ3v) is 3.93. The fourth-order valence-electron chi connectivity index (χ4n) is 2.62. The van der Waals surface area contributed by atoms with Crippen molar-refractivity contribution in [2.75, 3.05) is 13.1 Å². The average molecular weight is 303 g/mol. The molecule has 0 bridgehead atoms. The minimum absolute atomic E-state index is 0.0404. The Morgan fingerprint density at radius 1 is 1.18 bits per heavy atom. The highest BCUT2D eigenvalue weighted by molar-refractivity contribution is 5.78. The van der Waals surface area contributed by atoms with Crippen LogP contribution < -0.4 is 10.6 Å². The van der Waals surface area contributed by atoms with E-state index in [1.165, 1.54) is 0 Å². The quantitative estimate of drug-likeness (QED) is 0.895. The summed E-state index contributed by atoms with van der Waals surface area (Å²) in [6.07, 6.45) is 1.63. The molecule has 0 radical (unpaired) electrons. The number of hydrogen-bond acceptors (Lipinski definition) is 2. The molecule has 1 aliphatic heterocycles. The van der Waals surface area contributed by atoms with Crippen LogP contribution in [-0.2, 0) is 11.3 Å². The molecule has 2 N–H and O–H groups in total. The van der Waals surface area contributed by atoms with Gasteiger partial charge in [0.05, 0.1) is 0 Å². The van der Waals surface area contributed by atoms with E-state index in [4.69, 9.17) is 0 Å². The van der Waals surface area contributed by atoms with E-state index >= 15 is 0 Å². The van der Waals surface area contributed by atoms with E-state index in [9.17, 15) is 9.59 Å². The largest absolute Gasteiger partial charge is 0.342 e. The molecule has 2 rings (SSSR count). The van der Waals surface area contributed by atoms with Gasteiger partial charge in [0.15, 0.2) is 0 Å². The fourth-order valence-corrected chi connectivity index (χ4v) is 2.62. The lowest BCUT2D eigenvalue weighted by molar-refractivity contribution is -0.135. The summed E-state index contributed by atoms with van der Waals surface area (Å²) < 4.78 is 0. The number of carbonyl (C=O) groups is 2. The van der Waals surface area contributed by atoms with Crippen molar-refractivity contribution in [2.45, 2.75) is 39.3 Å². The van der Waals surface area contributed by atoms with Crippen molar-refractivity contribution in [2.24, 2.45) is 5.92 Å². The maximum Gasteiger partial charge on any atom is 0.315 e. The molecule has 22 heavy (non-hydrogen) atoms. The zero-order chi connectivity index (χ0) is 15.9. The van der Waals surface area contributed by atoms with Gasteiger partial charge < -0.3 is 15.5 Å². The summed E-state index contributed by atoms with van der Waals surface area (Å²) in [5, 5.41) is 5.86. The van der Waals surface area contributed by atoms with Crippen molar-refractivity contribution in [1.82, 2.24) is 15.5 Å².